The number of carboxylic acids is 1. The molecular weight excluding hydrogens is 789 g/mol. The summed E-state index contributed by atoms with van der Waals surface area (Å²) in [5.74, 6) is -2.30. The van der Waals surface area contributed by atoms with Crippen LogP contribution in [0, 0.1) is 0 Å². The van der Waals surface area contributed by atoms with Crippen molar-refractivity contribution >= 4 is 23.8 Å². The van der Waals surface area contributed by atoms with Gasteiger partial charge in [0.15, 0.2) is 0 Å². The third kappa shape index (κ3) is 44.9. The quantitative estimate of drug-likeness (QED) is 0.0271. The SMILES string of the molecule is CC/C=C\C/C=C\C/C=C\C/C=C\C/C=C\CCCCCCCC(=O)OC(CCCCCCCCCCCCCCCC)CCCCCCCC(=O)NCC(=O)NC(CO)C(=O)O. The Kier molecular flexibility index (Phi) is 45.4. The van der Waals surface area contributed by atoms with Gasteiger partial charge < -0.3 is 25.6 Å². The molecule has 0 aromatic rings. The summed E-state index contributed by atoms with van der Waals surface area (Å²) < 4.78 is 6.06. The summed E-state index contributed by atoms with van der Waals surface area (Å²) in [6.45, 7) is 3.39. The van der Waals surface area contributed by atoms with Crippen molar-refractivity contribution in [3.63, 3.8) is 0 Å². The number of aliphatic hydroxyl groups excluding tert-OH is 1. The van der Waals surface area contributed by atoms with Crippen LogP contribution in [-0.4, -0.2) is 59.3 Å². The molecule has 0 bridgehead atoms. The summed E-state index contributed by atoms with van der Waals surface area (Å²) in [6, 6.07) is -1.39. The highest BCUT2D eigenvalue weighted by Crippen LogP contribution is 2.19. The van der Waals surface area contributed by atoms with Crippen LogP contribution in [0.25, 0.3) is 0 Å². The monoisotopic (exact) mass is 883 g/mol. The number of aliphatic carboxylic acids is 1. The van der Waals surface area contributed by atoms with Crippen molar-refractivity contribution in [2.24, 2.45) is 0 Å². The molecule has 2 unspecified atom stereocenters. The Morgan fingerprint density at radius 3 is 1.37 bits per heavy atom. The number of carboxylic acid groups (broad SMARTS) is 1. The van der Waals surface area contributed by atoms with E-state index < -0.39 is 24.5 Å². The lowest BCUT2D eigenvalue weighted by Gasteiger charge is -2.18. The van der Waals surface area contributed by atoms with Crippen molar-refractivity contribution in [1.29, 1.82) is 0 Å². The van der Waals surface area contributed by atoms with E-state index in [2.05, 4.69) is 85.2 Å². The number of amides is 2. The number of esters is 1. The molecule has 9 heteroatoms. The number of carbonyl (C=O) groups is 4. The number of nitrogens with one attached hydrogen (secondary N) is 2. The van der Waals surface area contributed by atoms with Gasteiger partial charge in [0.2, 0.25) is 11.8 Å². The summed E-state index contributed by atoms with van der Waals surface area (Å²) in [7, 11) is 0. The van der Waals surface area contributed by atoms with Crippen LogP contribution in [0.4, 0.5) is 0 Å². The van der Waals surface area contributed by atoms with Crippen LogP contribution in [-0.2, 0) is 23.9 Å². The maximum absolute atomic E-state index is 12.9. The molecule has 0 heterocycles. The average molecular weight is 883 g/mol. The molecule has 63 heavy (non-hydrogen) atoms. The van der Waals surface area contributed by atoms with Crippen LogP contribution in [0.3, 0.4) is 0 Å². The second kappa shape index (κ2) is 48.0. The molecule has 0 aromatic heterocycles. The minimum absolute atomic E-state index is 0.0261. The highest BCUT2D eigenvalue weighted by atomic mass is 16.5. The van der Waals surface area contributed by atoms with Gasteiger partial charge in [-0.25, -0.2) is 4.79 Å². The first-order valence-corrected chi connectivity index (χ1v) is 25.7. The first-order valence-electron chi connectivity index (χ1n) is 25.7. The molecule has 0 saturated carbocycles. The van der Waals surface area contributed by atoms with Gasteiger partial charge in [0.1, 0.15) is 12.1 Å². The molecule has 0 aliphatic heterocycles. The van der Waals surface area contributed by atoms with Gasteiger partial charge in [-0.1, -0.05) is 197 Å². The summed E-state index contributed by atoms with van der Waals surface area (Å²) in [5.41, 5.74) is 0. The summed E-state index contributed by atoms with van der Waals surface area (Å²) in [6.07, 6.45) is 59.6. The lowest BCUT2D eigenvalue weighted by molar-refractivity contribution is -0.150. The van der Waals surface area contributed by atoms with E-state index in [0.29, 0.717) is 19.3 Å². The molecule has 362 valence electrons. The van der Waals surface area contributed by atoms with Gasteiger partial charge in [-0.2, -0.15) is 0 Å². The minimum atomic E-state index is -1.39. The Labute approximate surface area is 385 Å². The molecular formula is C54H94N2O7. The van der Waals surface area contributed by atoms with Crippen molar-refractivity contribution in [1.82, 2.24) is 10.6 Å². The molecule has 0 saturated heterocycles. The van der Waals surface area contributed by atoms with E-state index in [9.17, 15) is 19.2 Å². The third-order valence-electron chi connectivity index (χ3n) is 11.3. The predicted octanol–water partition coefficient (Wildman–Crippen LogP) is 13.7. The van der Waals surface area contributed by atoms with Gasteiger partial charge in [0, 0.05) is 12.8 Å². The van der Waals surface area contributed by atoms with Crippen LogP contribution in [0.5, 0.6) is 0 Å². The normalized spacial score (nSPS) is 12.9. The van der Waals surface area contributed by atoms with Crippen molar-refractivity contribution in [3.05, 3.63) is 60.8 Å². The molecule has 0 fully saturated rings. The average Bonchev–Trinajstić information content (AvgIpc) is 3.27. The van der Waals surface area contributed by atoms with Gasteiger partial charge in [-0.15, -0.1) is 0 Å². The maximum atomic E-state index is 12.9. The maximum Gasteiger partial charge on any atom is 0.328 e. The zero-order chi connectivity index (χ0) is 46.1. The van der Waals surface area contributed by atoms with Crippen molar-refractivity contribution < 1.29 is 34.1 Å². The lowest BCUT2D eigenvalue weighted by atomic mass is 10.0. The lowest BCUT2D eigenvalue weighted by Crippen LogP contribution is -2.47. The Bertz CT molecular complexity index is 1240. The topological polar surface area (TPSA) is 142 Å². The number of ether oxygens (including phenoxy) is 1. The summed E-state index contributed by atoms with van der Waals surface area (Å²) in [4.78, 5) is 47.8. The van der Waals surface area contributed by atoms with Gasteiger partial charge in [-0.3, -0.25) is 14.4 Å². The van der Waals surface area contributed by atoms with Gasteiger partial charge in [0.05, 0.1) is 13.2 Å². The molecule has 0 aliphatic carbocycles. The highest BCUT2D eigenvalue weighted by molar-refractivity contribution is 5.87. The van der Waals surface area contributed by atoms with Crippen LogP contribution in [0.1, 0.15) is 232 Å². The number of aliphatic hydroxyl groups is 1. The Hall–Kier alpha value is -3.46. The molecule has 2 atom stereocenters. The number of rotatable bonds is 46. The molecule has 0 aliphatic rings. The van der Waals surface area contributed by atoms with Gasteiger partial charge in [-0.05, 0) is 83.5 Å². The first kappa shape index (κ1) is 59.5. The zero-order valence-electron chi connectivity index (χ0n) is 40.3. The molecule has 9 nitrogen and oxygen atoms in total. The highest BCUT2D eigenvalue weighted by Gasteiger charge is 2.19. The van der Waals surface area contributed by atoms with E-state index >= 15 is 0 Å². The van der Waals surface area contributed by atoms with Crippen LogP contribution < -0.4 is 10.6 Å². The summed E-state index contributed by atoms with van der Waals surface area (Å²) in [5, 5.41) is 22.6. The predicted molar refractivity (Wildman–Crippen MR) is 264 cm³/mol. The number of unbranched alkanes of at least 4 members (excludes halogenated alkanes) is 22. The fourth-order valence-electron chi connectivity index (χ4n) is 7.39. The Morgan fingerprint density at radius 1 is 0.492 bits per heavy atom. The van der Waals surface area contributed by atoms with E-state index in [1.165, 1.54) is 96.3 Å². The number of carbonyl (C=O) groups excluding carboxylic acids is 3. The standard InChI is InChI=1S/C54H94N2O7/c1-3-5-7-9-11-13-15-17-19-20-21-22-23-24-25-27-29-31-33-38-42-46-53(60)63-49(43-39-35-32-30-28-26-18-16-14-12-10-8-6-4-2)44-40-36-34-37-41-45-51(58)55-47-52(59)56-50(48-57)54(61)62/h5,7,11,13,17,19,21-22,24-25,49-50,57H,3-4,6,8-10,12,14-16,18,20,23,26-48H2,1-2H3,(H,55,58)(H,56,59)(H,61,62)/b7-5-,13-11-,19-17-,22-21-,25-24-. The fraction of sp³-hybridized carbons (Fsp3) is 0.741. The van der Waals surface area contributed by atoms with Crippen LogP contribution in [0.15, 0.2) is 60.8 Å². The van der Waals surface area contributed by atoms with Gasteiger partial charge in [0.25, 0.3) is 0 Å². The Balaban J connectivity index is 4.34. The van der Waals surface area contributed by atoms with E-state index in [1.807, 2.05) is 0 Å². The Morgan fingerprint density at radius 2 is 0.905 bits per heavy atom. The van der Waals surface area contributed by atoms with E-state index in [4.69, 9.17) is 14.9 Å². The largest absolute Gasteiger partial charge is 0.480 e. The number of hydrogen-bond acceptors (Lipinski definition) is 6. The van der Waals surface area contributed by atoms with E-state index in [-0.39, 0.29) is 24.5 Å². The second-order valence-electron chi connectivity index (χ2n) is 17.2. The first-order chi connectivity index (χ1) is 30.8. The van der Waals surface area contributed by atoms with Crippen LogP contribution >= 0.6 is 0 Å². The number of hydrogen-bond donors (Lipinski definition) is 4. The van der Waals surface area contributed by atoms with Crippen molar-refractivity contribution in [2.45, 2.75) is 244 Å². The molecule has 4 N–H and O–H groups in total. The number of allylic oxidation sites excluding steroid dienone is 10. The molecule has 2 amide bonds. The van der Waals surface area contributed by atoms with Crippen LogP contribution in [0.2, 0.25) is 0 Å². The van der Waals surface area contributed by atoms with Crippen molar-refractivity contribution in [2.75, 3.05) is 13.2 Å². The molecule has 0 spiro atoms. The van der Waals surface area contributed by atoms with Crippen molar-refractivity contribution in [3.8, 4) is 0 Å². The smallest absolute Gasteiger partial charge is 0.328 e. The molecule has 0 aromatic carbocycles. The molecule has 0 radical (unpaired) electrons. The van der Waals surface area contributed by atoms with Gasteiger partial charge >= 0.3 is 11.9 Å². The molecule has 0 rings (SSSR count). The minimum Gasteiger partial charge on any atom is -0.480 e. The second-order valence-corrected chi connectivity index (χ2v) is 17.2. The van der Waals surface area contributed by atoms with E-state index in [1.54, 1.807) is 0 Å². The fourth-order valence-corrected chi connectivity index (χ4v) is 7.39. The third-order valence-corrected chi connectivity index (χ3v) is 11.3. The zero-order valence-corrected chi connectivity index (χ0v) is 40.3. The summed E-state index contributed by atoms with van der Waals surface area (Å²) >= 11 is 0. The van der Waals surface area contributed by atoms with E-state index in [0.717, 1.165) is 103 Å².